The molecule has 0 aromatic heterocycles. The maximum Gasteiger partial charge on any atom is 0.273 e. The van der Waals surface area contributed by atoms with Crippen LogP contribution in [0.4, 0.5) is 0 Å². The van der Waals surface area contributed by atoms with E-state index in [0.29, 0.717) is 0 Å². The molecule has 1 rings (SSSR count). The van der Waals surface area contributed by atoms with Crippen molar-refractivity contribution in [2.24, 2.45) is 0 Å². The van der Waals surface area contributed by atoms with E-state index in [1.165, 1.54) is 13.0 Å². The number of amidine groups is 1. The van der Waals surface area contributed by atoms with Crippen molar-refractivity contribution in [3.05, 3.63) is 11.8 Å². The highest BCUT2D eigenvalue weighted by Crippen LogP contribution is 1.96. The SMILES string of the molecule is CC(=O)NC1=CC(=N)NC1=O. The van der Waals surface area contributed by atoms with Gasteiger partial charge < -0.3 is 10.6 Å². The summed E-state index contributed by atoms with van der Waals surface area (Å²) in [6.45, 7) is 1.30. The minimum Gasteiger partial charge on any atom is -0.322 e. The third kappa shape index (κ3) is 1.64. The molecule has 1 aliphatic rings. The van der Waals surface area contributed by atoms with Gasteiger partial charge in [0, 0.05) is 13.0 Å². The second-order valence-corrected chi connectivity index (χ2v) is 2.11. The predicted octanol–water partition coefficient (Wildman–Crippen LogP) is -0.887. The number of hydrogen-bond donors (Lipinski definition) is 3. The molecule has 1 heterocycles. The van der Waals surface area contributed by atoms with Gasteiger partial charge >= 0.3 is 0 Å². The van der Waals surface area contributed by atoms with E-state index in [1.807, 2.05) is 0 Å². The number of carbonyl (C=O) groups is 2. The molecule has 0 saturated heterocycles. The van der Waals surface area contributed by atoms with E-state index < -0.39 is 5.91 Å². The summed E-state index contributed by atoms with van der Waals surface area (Å²) in [5, 5.41) is 11.5. The lowest BCUT2D eigenvalue weighted by atomic mass is 10.4. The van der Waals surface area contributed by atoms with Crippen molar-refractivity contribution >= 4 is 17.6 Å². The molecule has 0 atom stereocenters. The molecule has 0 fully saturated rings. The smallest absolute Gasteiger partial charge is 0.273 e. The molecule has 0 radical (unpaired) electrons. The molecule has 1 aliphatic heterocycles. The largest absolute Gasteiger partial charge is 0.322 e. The summed E-state index contributed by atoms with van der Waals surface area (Å²) in [7, 11) is 0. The van der Waals surface area contributed by atoms with Crippen LogP contribution in [0.1, 0.15) is 6.92 Å². The van der Waals surface area contributed by atoms with E-state index in [-0.39, 0.29) is 17.4 Å². The standard InChI is InChI=1S/C6H7N3O2/c1-3(10)8-4-2-5(7)9-6(4)11/h2H,1H3,(H3,7,8,9,10,11). The molecular formula is C6H7N3O2. The first-order valence-corrected chi connectivity index (χ1v) is 2.99. The van der Waals surface area contributed by atoms with Crippen LogP contribution in [0.15, 0.2) is 11.8 Å². The van der Waals surface area contributed by atoms with Crippen LogP contribution in [0.5, 0.6) is 0 Å². The van der Waals surface area contributed by atoms with Crippen LogP contribution in [0.3, 0.4) is 0 Å². The molecule has 0 aliphatic carbocycles. The lowest BCUT2D eigenvalue weighted by Crippen LogP contribution is -2.29. The Morgan fingerprint density at radius 1 is 1.73 bits per heavy atom. The summed E-state index contributed by atoms with van der Waals surface area (Å²) >= 11 is 0. The average Bonchev–Trinajstić information content (AvgIpc) is 2.09. The zero-order valence-corrected chi connectivity index (χ0v) is 5.89. The second-order valence-electron chi connectivity index (χ2n) is 2.11. The van der Waals surface area contributed by atoms with Gasteiger partial charge in [0.2, 0.25) is 5.91 Å². The zero-order chi connectivity index (χ0) is 8.43. The molecule has 3 N–H and O–H groups in total. The highest BCUT2D eigenvalue weighted by atomic mass is 16.2. The van der Waals surface area contributed by atoms with E-state index in [0.717, 1.165) is 0 Å². The van der Waals surface area contributed by atoms with Crippen LogP contribution in [0, 0.1) is 5.41 Å². The molecule has 11 heavy (non-hydrogen) atoms. The Hall–Kier alpha value is -1.65. The van der Waals surface area contributed by atoms with Gasteiger partial charge in [0.1, 0.15) is 11.5 Å². The maximum absolute atomic E-state index is 10.8. The lowest BCUT2D eigenvalue weighted by Gasteiger charge is -1.97. The number of nitrogens with one attached hydrogen (secondary N) is 3. The lowest BCUT2D eigenvalue weighted by molar-refractivity contribution is -0.121. The van der Waals surface area contributed by atoms with Crippen LogP contribution < -0.4 is 10.6 Å². The van der Waals surface area contributed by atoms with Crippen LogP contribution in [-0.2, 0) is 9.59 Å². The van der Waals surface area contributed by atoms with Gasteiger partial charge in [-0.3, -0.25) is 15.0 Å². The summed E-state index contributed by atoms with van der Waals surface area (Å²) in [6.07, 6.45) is 1.27. The average molecular weight is 153 g/mol. The third-order valence-electron chi connectivity index (χ3n) is 1.09. The molecule has 5 heteroatoms. The van der Waals surface area contributed by atoms with Crippen molar-refractivity contribution in [3.8, 4) is 0 Å². The third-order valence-corrected chi connectivity index (χ3v) is 1.09. The molecule has 0 saturated carbocycles. The van der Waals surface area contributed by atoms with E-state index in [9.17, 15) is 9.59 Å². The zero-order valence-electron chi connectivity index (χ0n) is 5.89. The summed E-state index contributed by atoms with van der Waals surface area (Å²) in [5.74, 6) is -0.759. The fraction of sp³-hybridized carbons (Fsp3) is 0.167. The number of carbonyl (C=O) groups excluding carboxylic acids is 2. The van der Waals surface area contributed by atoms with Crippen LogP contribution in [-0.4, -0.2) is 17.6 Å². The predicted molar refractivity (Wildman–Crippen MR) is 37.8 cm³/mol. The van der Waals surface area contributed by atoms with E-state index >= 15 is 0 Å². The maximum atomic E-state index is 10.8. The second kappa shape index (κ2) is 2.53. The molecule has 0 aromatic carbocycles. The summed E-state index contributed by atoms with van der Waals surface area (Å²) in [4.78, 5) is 21.2. The van der Waals surface area contributed by atoms with Crippen molar-refractivity contribution in [3.63, 3.8) is 0 Å². The van der Waals surface area contributed by atoms with Crippen molar-refractivity contribution in [2.75, 3.05) is 0 Å². The fourth-order valence-electron chi connectivity index (χ4n) is 0.718. The van der Waals surface area contributed by atoms with Gasteiger partial charge in [-0.2, -0.15) is 0 Å². The van der Waals surface area contributed by atoms with Gasteiger partial charge in [0.15, 0.2) is 0 Å². The Morgan fingerprint density at radius 3 is 2.73 bits per heavy atom. The number of rotatable bonds is 1. The van der Waals surface area contributed by atoms with Gasteiger partial charge in [-0.05, 0) is 0 Å². The highest BCUT2D eigenvalue weighted by Gasteiger charge is 2.18. The normalized spacial score (nSPS) is 15.9. The molecule has 0 aromatic rings. The number of hydrogen-bond acceptors (Lipinski definition) is 3. The van der Waals surface area contributed by atoms with E-state index in [4.69, 9.17) is 5.41 Å². The topological polar surface area (TPSA) is 82.1 Å². The van der Waals surface area contributed by atoms with Gasteiger partial charge in [-0.25, -0.2) is 0 Å². The first kappa shape index (κ1) is 7.46. The Morgan fingerprint density at radius 2 is 2.36 bits per heavy atom. The van der Waals surface area contributed by atoms with Crippen LogP contribution in [0.2, 0.25) is 0 Å². The summed E-state index contributed by atoms with van der Waals surface area (Å²) < 4.78 is 0. The van der Waals surface area contributed by atoms with E-state index in [1.54, 1.807) is 0 Å². The Balaban J connectivity index is 2.72. The monoisotopic (exact) mass is 153 g/mol. The quantitative estimate of drug-likeness (QED) is 0.457. The molecule has 5 nitrogen and oxygen atoms in total. The fourth-order valence-corrected chi connectivity index (χ4v) is 0.718. The van der Waals surface area contributed by atoms with Crippen LogP contribution in [0.25, 0.3) is 0 Å². The van der Waals surface area contributed by atoms with Crippen molar-refractivity contribution in [2.45, 2.75) is 6.92 Å². The first-order chi connectivity index (χ1) is 5.09. The first-order valence-electron chi connectivity index (χ1n) is 2.99. The molecule has 2 amide bonds. The van der Waals surface area contributed by atoms with Gasteiger partial charge in [0.05, 0.1) is 0 Å². The van der Waals surface area contributed by atoms with Crippen molar-refractivity contribution < 1.29 is 9.59 Å². The number of amides is 2. The molecule has 0 spiro atoms. The Kier molecular flexibility index (Phi) is 1.72. The van der Waals surface area contributed by atoms with Crippen molar-refractivity contribution in [1.82, 2.24) is 10.6 Å². The highest BCUT2D eigenvalue weighted by molar-refractivity contribution is 6.18. The van der Waals surface area contributed by atoms with Gasteiger partial charge in [-0.1, -0.05) is 0 Å². The van der Waals surface area contributed by atoms with E-state index in [2.05, 4.69) is 10.6 Å². The Labute approximate surface area is 63.0 Å². The summed E-state index contributed by atoms with van der Waals surface area (Å²) in [5.41, 5.74) is 0.127. The van der Waals surface area contributed by atoms with Crippen molar-refractivity contribution in [1.29, 1.82) is 5.41 Å². The molecular weight excluding hydrogens is 146 g/mol. The summed E-state index contributed by atoms with van der Waals surface area (Å²) in [6, 6.07) is 0. The molecule has 0 unspecified atom stereocenters. The minimum absolute atomic E-state index is 0.00116. The van der Waals surface area contributed by atoms with Crippen LogP contribution >= 0.6 is 0 Å². The van der Waals surface area contributed by atoms with Gasteiger partial charge in [0.25, 0.3) is 5.91 Å². The molecule has 0 bridgehead atoms. The molecule has 58 valence electrons. The minimum atomic E-state index is -0.440. The Bertz CT molecular complexity index is 267. The van der Waals surface area contributed by atoms with Gasteiger partial charge in [-0.15, -0.1) is 0 Å².